The van der Waals surface area contributed by atoms with Gasteiger partial charge in [-0.15, -0.1) is 0 Å². The smallest absolute Gasteiger partial charge is 0.308 e. The van der Waals surface area contributed by atoms with E-state index in [0.717, 1.165) is 0 Å². The van der Waals surface area contributed by atoms with Crippen molar-refractivity contribution in [3.63, 3.8) is 0 Å². The molecule has 0 fully saturated rings. The zero-order valence-electron chi connectivity index (χ0n) is 13.4. The molecule has 132 valence electrons. The third-order valence-corrected chi connectivity index (χ3v) is 4.54. The number of ether oxygens (including phenoxy) is 2. The predicted octanol–water partition coefficient (Wildman–Crippen LogP) is 3.07. The molecule has 0 saturated heterocycles. The molecular formula is C17H16BrNO5S. The fourth-order valence-corrected chi connectivity index (χ4v) is 3.09. The second kappa shape index (κ2) is 9.33. The monoisotopic (exact) mass is 425 g/mol. The number of Topliss-reactive ketones (excluding diaryl/α,β-unsaturated/α-hetero) is 1. The van der Waals surface area contributed by atoms with Crippen molar-refractivity contribution in [3.8, 4) is 5.75 Å². The standard InChI is InChI=1S/C17H16BrNO5S/c1-23-15-3-2-11(8-13(15)18)14(20)9-24-16(21)4-6-19-17(22)12-5-7-25-10-12/h2-3,5,7-8,10H,4,6,9H2,1H3,(H,19,22). The van der Waals surface area contributed by atoms with E-state index in [0.29, 0.717) is 21.3 Å². The van der Waals surface area contributed by atoms with Crippen LogP contribution in [-0.2, 0) is 9.53 Å². The quantitative estimate of drug-likeness (QED) is 0.519. The molecule has 6 nitrogen and oxygen atoms in total. The van der Waals surface area contributed by atoms with Crippen LogP contribution in [-0.4, -0.2) is 37.9 Å². The number of hydrogen-bond acceptors (Lipinski definition) is 6. The predicted molar refractivity (Wildman–Crippen MR) is 97.3 cm³/mol. The molecule has 2 aromatic rings. The van der Waals surface area contributed by atoms with Gasteiger partial charge in [0.05, 0.1) is 18.0 Å². The normalized spacial score (nSPS) is 10.2. The lowest BCUT2D eigenvalue weighted by Gasteiger charge is -2.07. The van der Waals surface area contributed by atoms with Gasteiger partial charge in [-0.25, -0.2) is 0 Å². The van der Waals surface area contributed by atoms with E-state index in [-0.39, 0.29) is 31.3 Å². The number of rotatable bonds is 8. The van der Waals surface area contributed by atoms with Gasteiger partial charge in [-0.2, -0.15) is 11.3 Å². The zero-order valence-corrected chi connectivity index (χ0v) is 15.8. The summed E-state index contributed by atoms with van der Waals surface area (Å²) < 4.78 is 10.7. The summed E-state index contributed by atoms with van der Waals surface area (Å²) in [5.74, 6) is -0.506. The van der Waals surface area contributed by atoms with Crippen LogP contribution in [0.5, 0.6) is 5.75 Å². The first kappa shape index (κ1) is 19.1. The Morgan fingerprint density at radius 1 is 1.20 bits per heavy atom. The molecule has 1 aromatic carbocycles. The SMILES string of the molecule is COc1ccc(C(=O)COC(=O)CCNC(=O)c2ccsc2)cc1Br. The Bertz CT molecular complexity index is 760. The van der Waals surface area contributed by atoms with Crippen LogP contribution in [0.3, 0.4) is 0 Å². The lowest BCUT2D eigenvalue weighted by atomic mass is 10.1. The summed E-state index contributed by atoms with van der Waals surface area (Å²) in [6.07, 6.45) is -0.00450. The van der Waals surface area contributed by atoms with Crippen LogP contribution in [0.4, 0.5) is 0 Å². The van der Waals surface area contributed by atoms with Gasteiger partial charge in [0.15, 0.2) is 12.4 Å². The minimum absolute atomic E-state index is 0.00450. The number of amides is 1. The molecule has 2 rings (SSSR count). The van der Waals surface area contributed by atoms with Gasteiger partial charge in [0.25, 0.3) is 5.91 Å². The Morgan fingerprint density at radius 3 is 2.64 bits per heavy atom. The van der Waals surface area contributed by atoms with E-state index in [1.165, 1.54) is 18.4 Å². The van der Waals surface area contributed by atoms with E-state index in [2.05, 4.69) is 21.2 Å². The average molecular weight is 426 g/mol. The highest BCUT2D eigenvalue weighted by atomic mass is 79.9. The van der Waals surface area contributed by atoms with Crippen molar-refractivity contribution >= 4 is 44.9 Å². The number of esters is 1. The number of carbonyl (C=O) groups is 3. The molecule has 0 saturated carbocycles. The van der Waals surface area contributed by atoms with Crippen LogP contribution >= 0.6 is 27.3 Å². The van der Waals surface area contributed by atoms with Crippen molar-refractivity contribution in [3.05, 3.63) is 50.6 Å². The number of thiophene rings is 1. The minimum Gasteiger partial charge on any atom is -0.496 e. The number of ketones is 1. The molecule has 0 spiro atoms. The molecule has 0 atom stereocenters. The lowest BCUT2D eigenvalue weighted by molar-refractivity contribution is -0.142. The molecule has 1 heterocycles. The maximum atomic E-state index is 12.0. The van der Waals surface area contributed by atoms with Gasteiger partial charge in [0, 0.05) is 23.1 Å². The second-order valence-electron chi connectivity index (χ2n) is 4.95. The zero-order chi connectivity index (χ0) is 18.2. The highest BCUT2D eigenvalue weighted by molar-refractivity contribution is 9.10. The Morgan fingerprint density at radius 2 is 2.00 bits per heavy atom. The Labute approximate surface area is 157 Å². The van der Waals surface area contributed by atoms with Gasteiger partial charge in [0.2, 0.25) is 0 Å². The average Bonchev–Trinajstić information content (AvgIpc) is 3.14. The molecule has 1 N–H and O–H groups in total. The Hall–Kier alpha value is -2.19. The molecule has 0 bridgehead atoms. The largest absolute Gasteiger partial charge is 0.496 e. The van der Waals surface area contributed by atoms with Crippen LogP contribution in [0, 0.1) is 0 Å². The molecule has 0 aliphatic rings. The summed E-state index contributed by atoms with van der Waals surface area (Å²) in [7, 11) is 1.53. The van der Waals surface area contributed by atoms with Crippen LogP contribution in [0.25, 0.3) is 0 Å². The van der Waals surface area contributed by atoms with Crippen molar-refractivity contribution in [1.29, 1.82) is 0 Å². The number of carbonyl (C=O) groups excluding carboxylic acids is 3. The maximum Gasteiger partial charge on any atom is 0.308 e. The summed E-state index contributed by atoms with van der Waals surface area (Å²) in [6, 6.07) is 6.56. The van der Waals surface area contributed by atoms with E-state index < -0.39 is 5.97 Å². The number of benzene rings is 1. The first-order chi connectivity index (χ1) is 12.0. The molecule has 8 heteroatoms. The topological polar surface area (TPSA) is 81.7 Å². The van der Waals surface area contributed by atoms with E-state index in [1.807, 2.05) is 0 Å². The van der Waals surface area contributed by atoms with Crippen LogP contribution in [0.2, 0.25) is 0 Å². The second-order valence-corrected chi connectivity index (χ2v) is 6.59. The molecule has 0 unspecified atom stereocenters. The molecular weight excluding hydrogens is 410 g/mol. The Balaban J connectivity index is 1.73. The van der Waals surface area contributed by atoms with Crippen LogP contribution in [0.15, 0.2) is 39.5 Å². The highest BCUT2D eigenvalue weighted by Gasteiger charge is 2.12. The van der Waals surface area contributed by atoms with E-state index in [4.69, 9.17) is 9.47 Å². The van der Waals surface area contributed by atoms with Crippen molar-refractivity contribution in [2.75, 3.05) is 20.3 Å². The van der Waals surface area contributed by atoms with Crippen molar-refractivity contribution < 1.29 is 23.9 Å². The Kier molecular flexibility index (Phi) is 7.15. The molecule has 0 radical (unpaired) electrons. The van der Waals surface area contributed by atoms with Gasteiger partial charge in [0.1, 0.15) is 5.75 Å². The molecule has 25 heavy (non-hydrogen) atoms. The lowest BCUT2D eigenvalue weighted by Crippen LogP contribution is -2.26. The summed E-state index contributed by atoms with van der Waals surface area (Å²) >= 11 is 4.71. The molecule has 0 aliphatic carbocycles. The van der Waals surface area contributed by atoms with Crippen molar-refractivity contribution in [2.45, 2.75) is 6.42 Å². The van der Waals surface area contributed by atoms with Gasteiger partial charge in [-0.1, -0.05) is 0 Å². The minimum atomic E-state index is -0.549. The number of nitrogens with one attached hydrogen (secondary N) is 1. The summed E-state index contributed by atoms with van der Waals surface area (Å²) in [6.45, 7) is -0.203. The third kappa shape index (κ3) is 5.68. The fraction of sp³-hybridized carbons (Fsp3) is 0.235. The first-order valence-corrected chi connectivity index (χ1v) is 9.07. The van der Waals surface area contributed by atoms with Gasteiger partial charge >= 0.3 is 5.97 Å². The fourth-order valence-electron chi connectivity index (χ4n) is 1.92. The van der Waals surface area contributed by atoms with Crippen molar-refractivity contribution in [1.82, 2.24) is 5.32 Å². The number of methoxy groups -OCH3 is 1. The van der Waals surface area contributed by atoms with Gasteiger partial charge in [-0.3, -0.25) is 14.4 Å². The summed E-state index contributed by atoms with van der Waals surface area (Å²) in [5.41, 5.74) is 0.963. The number of hydrogen-bond donors (Lipinski definition) is 1. The molecule has 0 aliphatic heterocycles. The van der Waals surface area contributed by atoms with E-state index >= 15 is 0 Å². The molecule has 1 aromatic heterocycles. The molecule has 1 amide bonds. The summed E-state index contributed by atoms with van der Waals surface area (Å²) in [4.78, 5) is 35.4. The first-order valence-electron chi connectivity index (χ1n) is 7.34. The van der Waals surface area contributed by atoms with Crippen LogP contribution < -0.4 is 10.1 Å². The third-order valence-electron chi connectivity index (χ3n) is 3.24. The van der Waals surface area contributed by atoms with E-state index in [1.54, 1.807) is 35.0 Å². The number of halogens is 1. The highest BCUT2D eigenvalue weighted by Crippen LogP contribution is 2.25. The van der Waals surface area contributed by atoms with Crippen LogP contribution in [0.1, 0.15) is 27.1 Å². The van der Waals surface area contributed by atoms with Crippen molar-refractivity contribution in [2.24, 2.45) is 0 Å². The van der Waals surface area contributed by atoms with Gasteiger partial charge in [-0.05, 0) is 45.6 Å². The maximum absolute atomic E-state index is 12.0. The van der Waals surface area contributed by atoms with E-state index in [9.17, 15) is 14.4 Å². The van der Waals surface area contributed by atoms with Gasteiger partial charge < -0.3 is 14.8 Å². The summed E-state index contributed by atoms with van der Waals surface area (Å²) in [5, 5.41) is 6.14.